The minimum atomic E-state index is -0.455. The summed E-state index contributed by atoms with van der Waals surface area (Å²) in [6.45, 7) is 3.63. The molecular weight excluding hydrogens is 448 g/mol. The Morgan fingerprint density at radius 2 is 1.89 bits per heavy atom. The fourth-order valence-electron chi connectivity index (χ4n) is 5.94. The molecule has 0 bridgehead atoms. The summed E-state index contributed by atoms with van der Waals surface area (Å²) in [6, 6.07) is 8.61. The number of ether oxygens (including phenoxy) is 2. The number of amides is 1. The molecule has 0 saturated heterocycles. The summed E-state index contributed by atoms with van der Waals surface area (Å²) in [6.07, 6.45) is 8.91. The first-order chi connectivity index (χ1) is 17.0. The Morgan fingerprint density at radius 3 is 2.57 bits per heavy atom. The normalized spacial score (nSPS) is 20.0. The number of nitro benzene ring substituents is 1. The lowest BCUT2D eigenvalue weighted by molar-refractivity contribution is -0.384. The first-order valence-corrected chi connectivity index (χ1v) is 12.0. The van der Waals surface area contributed by atoms with Crippen LogP contribution in [0.3, 0.4) is 0 Å². The van der Waals surface area contributed by atoms with Gasteiger partial charge in [0, 0.05) is 36.0 Å². The minimum Gasteiger partial charge on any atom is -0.486 e. The van der Waals surface area contributed by atoms with E-state index in [0.717, 1.165) is 37.0 Å². The molecule has 3 aromatic rings. The molecule has 6 rings (SSSR count). The quantitative estimate of drug-likeness (QED) is 0.407. The zero-order chi connectivity index (χ0) is 24.2. The van der Waals surface area contributed by atoms with Gasteiger partial charge in [-0.05, 0) is 55.2 Å². The Bertz CT molecular complexity index is 1310. The van der Waals surface area contributed by atoms with Crippen LogP contribution in [-0.4, -0.2) is 45.0 Å². The van der Waals surface area contributed by atoms with Crippen LogP contribution < -0.4 is 9.47 Å². The number of nitro groups is 1. The van der Waals surface area contributed by atoms with Gasteiger partial charge in [-0.25, -0.2) is 4.98 Å². The van der Waals surface area contributed by atoms with Crippen LogP contribution in [0, 0.1) is 10.1 Å². The van der Waals surface area contributed by atoms with E-state index in [9.17, 15) is 14.9 Å². The van der Waals surface area contributed by atoms with E-state index >= 15 is 0 Å². The van der Waals surface area contributed by atoms with E-state index in [1.807, 2.05) is 17.9 Å². The molecule has 1 spiro atoms. The van der Waals surface area contributed by atoms with Crippen LogP contribution in [-0.2, 0) is 5.41 Å². The molecule has 9 nitrogen and oxygen atoms in total. The van der Waals surface area contributed by atoms with Gasteiger partial charge in [-0.1, -0.05) is 12.8 Å². The summed E-state index contributed by atoms with van der Waals surface area (Å²) in [5.41, 5.74) is 2.72. The second-order valence-electron chi connectivity index (χ2n) is 9.61. The van der Waals surface area contributed by atoms with Gasteiger partial charge in [0.25, 0.3) is 11.6 Å². The first-order valence-electron chi connectivity index (χ1n) is 12.0. The van der Waals surface area contributed by atoms with Gasteiger partial charge in [0.1, 0.15) is 18.9 Å². The SMILES string of the molecule is CC1c2cc3c(cc2C2(CCCC2)CN1C(=O)c1ccc(-n2ccnc2)c([N+](=O)[O-])c1)OCCO3. The van der Waals surface area contributed by atoms with E-state index in [2.05, 4.69) is 11.1 Å². The van der Waals surface area contributed by atoms with Crippen molar-refractivity contribution in [1.29, 1.82) is 0 Å². The number of hydrogen-bond acceptors (Lipinski definition) is 6. The van der Waals surface area contributed by atoms with Crippen molar-refractivity contribution in [3.8, 4) is 17.2 Å². The lowest BCUT2D eigenvalue weighted by atomic mass is 9.71. The molecule has 1 aromatic heterocycles. The van der Waals surface area contributed by atoms with Crippen LogP contribution in [0.2, 0.25) is 0 Å². The van der Waals surface area contributed by atoms with Crippen molar-refractivity contribution >= 4 is 11.6 Å². The van der Waals surface area contributed by atoms with Gasteiger partial charge >= 0.3 is 0 Å². The van der Waals surface area contributed by atoms with Crippen LogP contribution >= 0.6 is 0 Å². The minimum absolute atomic E-state index is 0.130. The highest BCUT2D eigenvalue weighted by atomic mass is 16.6. The molecular formula is C26H26N4O5. The number of aromatic nitrogens is 2. The van der Waals surface area contributed by atoms with Crippen molar-refractivity contribution in [2.45, 2.75) is 44.1 Å². The smallest absolute Gasteiger partial charge is 0.294 e. The van der Waals surface area contributed by atoms with Crippen molar-refractivity contribution in [3.05, 3.63) is 75.9 Å². The van der Waals surface area contributed by atoms with Crippen molar-refractivity contribution in [2.75, 3.05) is 19.8 Å². The molecule has 1 amide bonds. The highest BCUT2D eigenvalue weighted by molar-refractivity contribution is 5.96. The highest BCUT2D eigenvalue weighted by Crippen LogP contribution is 2.52. The predicted octanol–water partition coefficient (Wildman–Crippen LogP) is 4.58. The summed E-state index contributed by atoms with van der Waals surface area (Å²) in [5, 5.41) is 11.9. The van der Waals surface area contributed by atoms with Crippen LogP contribution in [0.5, 0.6) is 11.5 Å². The Balaban J connectivity index is 1.41. The zero-order valence-corrected chi connectivity index (χ0v) is 19.5. The summed E-state index contributed by atoms with van der Waals surface area (Å²) < 4.78 is 13.3. The number of nitrogens with zero attached hydrogens (tertiary/aromatic N) is 4. The molecule has 180 valence electrons. The number of rotatable bonds is 3. The molecule has 35 heavy (non-hydrogen) atoms. The number of benzene rings is 2. The van der Waals surface area contributed by atoms with Gasteiger partial charge in [-0.15, -0.1) is 0 Å². The van der Waals surface area contributed by atoms with Crippen molar-refractivity contribution < 1.29 is 19.2 Å². The monoisotopic (exact) mass is 474 g/mol. The lowest BCUT2D eigenvalue weighted by Crippen LogP contribution is -2.48. The van der Waals surface area contributed by atoms with E-state index in [1.54, 1.807) is 29.1 Å². The molecule has 1 aliphatic carbocycles. The van der Waals surface area contributed by atoms with Crippen molar-refractivity contribution in [1.82, 2.24) is 14.5 Å². The molecule has 0 radical (unpaired) electrons. The van der Waals surface area contributed by atoms with E-state index in [4.69, 9.17) is 9.47 Å². The third-order valence-electron chi connectivity index (χ3n) is 7.70. The summed E-state index contributed by atoms with van der Waals surface area (Å²) in [7, 11) is 0. The van der Waals surface area contributed by atoms with Crippen LogP contribution in [0.1, 0.15) is 60.1 Å². The third-order valence-corrected chi connectivity index (χ3v) is 7.70. The summed E-state index contributed by atoms with van der Waals surface area (Å²) in [5.74, 6) is 1.29. The Labute approximate surface area is 202 Å². The zero-order valence-electron chi connectivity index (χ0n) is 19.5. The number of imidazole rings is 1. The Hall–Kier alpha value is -3.88. The van der Waals surface area contributed by atoms with Crippen LogP contribution in [0.15, 0.2) is 49.1 Å². The number of hydrogen-bond donors (Lipinski definition) is 0. The van der Waals surface area contributed by atoms with Crippen molar-refractivity contribution in [3.63, 3.8) is 0 Å². The van der Waals surface area contributed by atoms with Crippen LogP contribution in [0.25, 0.3) is 5.69 Å². The molecule has 9 heteroatoms. The average molecular weight is 475 g/mol. The standard InChI is InChI=1S/C26H26N4O5/c1-17-19-13-23-24(35-11-10-34-23)14-20(19)26(6-2-3-7-26)15-29(17)25(31)18-4-5-21(22(12-18)30(32)33)28-9-8-27-16-28/h4-5,8-9,12-14,16-17H,2-3,6-7,10-11,15H2,1H3. The second kappa shape index (κ2) is 8.11. The van der Waals surface area contributed by atoms with E-state index in [1.165, 1.54) is 18.0 Å². The van der Waals surface area contributed by atoms with Gasteiger partial charge in [-0.3, -0.25) is 14.9 Å². The second-order valence-corrected chi connectivity index (χ2v) is 9.61. The van der Waals surface area contributed by atoms with Gasteiger partial charge in [-0.2, -0.15) is 0 Å². The van der Waals surface area contributed by atoms with E-state index < -0.39 is 4.92 Å². The predicted molar refractivity (Wildman–Crippen MR) is 127 cm³/mol. The third kappa shape index (κ3) is 3.45. The van der Waals surface area contributed by atoms with Gasteiger partial charge in [0.05, 0.1) is 17.3 Å². The topological polar surface area (TPSA) is 99.7 Å². The maximum absolute atomic E-state index is 13.8. The first kappa shape index (κ1) is 21.6. The average Bonchev–Trinajstić information content (AvgIpc) is 3.58. The summed E-state index contributed by atoms with van der Waals surface area (Å²) in [4.78, 5) is 31.1. The summed E-state index contributed by atoms with van der Waals surface area (Å²) >= 11 is 0. The maximum atomic E-state index is 13.8. The molecule has 1 atom stereocenters. The van der Waals surface area contributed by atoms with Gasteiger partial charge in [0.2, 0.25) is 0 Å². The Morgan fingerprint density at radius 1 is 1.14 bits per heavy atom. The highest BCUT2D eigenvalue weighted by Gasteiger charge is 2.46. The van der Waals surface area contributed by atoms with E-state index in [0.29, 0.717) is 36.8 Å². The largest absolute Gasteiger partial charge is 0.486 e. The fraction of sp³-hybridized carbons (Fsp3) is 0.385. The molecule has 3 heterocycles. The van der Waals surface area contributed by atoms with Crippen molar-refractivity contribution in [2.24, 2.45) is 0 Å². The number of carbonyl (C=O) groups excluding carboxylic acids is 1. The van der Waals surface area contributed by atoms with Gasteiger partial charge in [0.15, 0.2) is 11.5 Å². The number of carbonyl (C=O) groups is 1. The molecule has 3 aliphatic rings. The molecule has 2 aromatic carbocycles. The van der Waals surface area contributed by atoms with E-state index in [-0.39, 0.29) is 23.1 Å². The molecule has 0 N–H and O–H groups in total. The lowest BCUT2D eigenvalue weighted by Gasteiger charge is -2.46. The van der Waals surface area contributed by atoms with Gasteiger partial charge < -0.3 is 18.9 Å². The maximum Gasteiger partial charge on any atom is 0.294 e. The molecule has 1 fully saturated rings. The fourth-order valence-corrected chi connectivity index (χ4v) is 5.94. The number of fused-ring (bicyclic) bond motifs is 3. The molecule has 1 unspecified atom stereocenters. The molecule has 2 aliphatic heterocycles. The van der Waals surface area contributed by atoms with Crippen LogP contribution in [0.4, 0.5) is 5.69 Å². The Kier molecular flexibility index (Phi) is 5.01. The molecule has 1 saturated carbocycles.